The Labute approximate surface area is 95.0 Å². The average Bonchev–Trinajstić information content (AvgIpc) is 2.21. The molecule has 1 rings (SSSR count). The van der Waals surface area contributed by atoms with Gasteiger partial charge in [-0.15, -0.1) is 0 Å². The highest BCUT2D eigenvalue weighted by Gasteiger charge is 2.21. The molecule has 0 fully saturated rings. The third-order valence-corrected chi connectivity index (χ3v) is 2.24. The van der Waals surface area contributed by atoms with Gasteiger partial charge in [-0.25, -0.2) is 4.98 Å². The highest BCUT2D eigenvalue weighted by Crippen LogP contribution is 2.17. The van der Waals surface area contributed by atoms with Crippen molar-refractivity contribution in [1.29, 1.82) is 0 Å². The summed E-state index contributed by atoms with van der Waals surface area (Å²) in [5.41, 5.74) is 5.61. The fraction of sp³-hybridized carbons (Fsp3) is 0.455. The Morgan fingerprint density at radius 1 is 1.62 bits per heavy atom. The second-order valence-electron chi connectivity index (χ2n) is 4.13. The Kier molecular flexibility index (Phi) is 3.84. The smallest absolute Gasteiger partial charge is 0.228 e. The van der Waals surface area contributed by atoms with Crippen LogP contribution >= 0.6 is 0 Å². The van der Waals surface area contributed by atoms with Gasteiger partial charge in [0.1, 0.15) is 0 Å². The van der Waals surface area contributed by atoms with Crippen molar-refractivity contribution in [1.82, 2.24) is 4.98 Å². The van der Waals surface area contributed by atoms with Gasteiger partial charge >= 0.3 is 0 Å². The van der Waals surface area contributed by atoms with Gasteiger partial charge in [0.15, 0.2) is 5.82 Å². The molecule has 0 aromatic carbocycles. The first-order valence-electron chi connectivity index (χ1n) is 5.00. The summed E-state index contributed by atoms with van der Waals surface area (Å²) in [5.74, 6) is 0.219. The van der Waals surface area contributed by atoms with Gasteiger partial charge in [-0.05, 0) is 26.0 Å². The van der Waals surface area contributed by atoms with E-state index >= 15 is 0 Å². The lowest BCUT2D eigenvalue weighted by Crippen LogP contribution is -2.29. The van der Waals surface area contributed by atoms with Gasteiger partial charge in [-0.1, -0.05) is 0 Å². The van der Waals surface area contributed by atoms with E-state index in [-0.39, 0.29) is 12.3 Å². The van der Waals surface area contributed by atoms with Crippen LogP contribution in [0.5, 0.6) is 0 Å². The Bertz CT molecular complexity index is 377. The third kappa shape index (κ3) is 3.51. The van der Waals surface area contributed by atoms with E-state index in [4.69, 9.17) is 10.5 Å². The number of amides is 1. The van der Waals surface area contributed by atoms with Crippen molar-refractivity contribution in [2.24, 2.45) is 0 Å². The van der Waals surface area contributed by atoms with E-state index < -0.39 is 5.60 Å². The molecule has 0 aliphatic rings. The van der Waals surface area contributed by atoms with Gasteiger partial charge in [-0.2, -0.15) is 0 Å². The van der Waals surface area contributed by atoms with Crippen molar-refractivity contribution < 1.29 is 9.53 Å². The quantitative estimate of drug-likeness (QED) is 0.809. The molecule has 3 N–H and O–H groups in total. The second kappa shape index (κ2) is 4.94. The van der Waals surface area contributed by atoms with Crippen LogP contribution in [0.1, 0.15) is 20.3 Å². The van der Waals surface area contributed by atoms with Crippen LogP contribution in [0.25, 0.3) is 0 Å². The molecule has 88 valence electrons. The molecule has 1 amide bonds. The van der Waals surface area contributed by atoms with Gasteiger partial charge in [0, 0.05) is 13.3 Å². The zero-order chi connectivity index (χ0) is 12.2. The zero-order valence-corrected chi connectivity index (χ0v) is 9.78. The normalized spacial score (nSPS) is 11.2. The summed E-state index contributed by atoms with van der Waals surface area (Å²) in [6.07, 6.45) is 1.83. The molecule has 5 nitrogen and oxygen atoms in total. The predicted octanol–water partition coefficient (Wildman–Crippen LogP) is 1.42. The van der Waals surface area contributed by atoms with Crippen LogP contribution in [-0.2, 0) is 9.53 Å². The van der Waals surface area contributed by atoms with E-state index in [1.54, 1.807) is 25.4 Å². The average molecular weight is 223 g/mol. The van der Waals surface area contributed by atoms with Gasteiger partial charge in [0.05, 0.1) is 17.7 Å². The van der Waals surface area contributed by atoms with E-state index in [1.807, 2.05) is 13.8 Å². The molecule has 1 heterocycles. The number of hydrogen-bond acceptors (Lipinski definition) is 4. The van der Waals surface area contributed by atoms with Crippen LogP contribution in [0, 0.1) is 0 Å². The zero-order valence-electron chi connectivity index (χ0n) is 9.78. The van der Waals surface area contributed by atoms with Crippen LogP contribution in [-0.4, -0.2) is 23.6 Å². The Morgan fingerprint density at radius 2 is 2.31 bits per heavy atom. The summed E-state index contributed by atoms with van der Waals surface area (Å²) in [5, 5.41) is 2.65. The third-order valence-electron chi connectivity index (χ3n) is 2.24. The lowest BCUT2D eigenvalue weighted by Gasteiger charge is -2.21. The standard InChI is InChI=1S/C11H17N3O2/c1-11(2,16-3)7-9(15)14-10-8(12)5-4-6-13-10/h4-6H,7,12H2,1-3H3,(H,13,14,15). The summed E-state index contributed by atoms with van der Waals surface area (Å²) in [7, 11) is 1.57. The number of rotatable bonds is 4. The summed E-state index contributed by atoms with van der Waals surface area (Å²) in [4.78, 5) is 15.6. The minimum atomic E-state index is -0.492. The monoisotopic (exact) mass is 223 g/mol. The number of nitrogens with two attached hydrogens (primary N) is 1. The Hall–Kier alpha value is -1.62. The first kappa shape index (κ1) is 12.4. The van der Waals surface area contributed by atoms with Gasteiger partial charge in [0.25, 0.3) is 0 Å². The van der Waals surface area contributed by atoms with E-state index in [0.29, 0.717) is 11.5 Å². The number of nitrogen functional groups attached to an aromatic ring is 1. The minimum Gasteiger partial charge on any atom is -0.396 e. The number of anilines is 2. The van der Waals surface area contributed by atoms with Crippen LogP contribution in [0.2, 0.25) is 0 Å². The maximum Gasteiger partial charge on any atom is 0.228 e. The first-order valence-corrected chi connectivity index (χ1v) is 5.00. The number of aromatic nitrogens is 1. The van der Waals surface area contributed by atoms with E-state index in [2.05, 4.69) is 10.3 Å². The SMILES string of the molecule is COC(C)(C)CC(=O)Nc1ncccc1N. The number of ether oxygens (including phenoxy) is 1. The van der Waals surface area contributed by atoms with Crippen molar-refractivity contribution >= 4 is 17.4 Å². The van der Waals surface area contributed by atoms with Crippen molar-refractivity contribution in [3.8, 4) is 0 Å². The minimum absolute atomic E-state index is 0.169. The summed E-state index contributed by atoms with van der Waals surface area (Å²) in [6, 6.07) is 3.40. The molecule has 0 aliphatic heterocycles. The molecule has 0 radical (unpaired) electrons. The van der Waals surface area contributed by atoms with Gasteiger partial charge in [-0.3, -0.25) is 4.79 Å². The largest absolute Gasteiger partial charge is 0.396 e. The van der Waals surface area contributed by atoms with Crippen molar-refractivity contribution in [3.05, 3.63) is 18.3 Å². The lowest BCUT2D eigenvalue weighted by atomic mass is 10.1. The molecule has 0 aliphatic carbocycles. The molecule has 0 unspecified atom stereocenters. The van der Waals surface area contributed by atoms with Crippen LogP contribution in [0.4, 0.5) is 11.5 Å². The molecule has 1 aromatic rings. The summed E-state index contributed by atoms with van der Waals surface area (Å²) in [6.45, 7) is 3.68. The molecular formula is C11H17N3O2. The maximum atomic E-state index is 11.7. The molecule has 1 aromatic heterocycles. The molecule has 0 saturated heterocycles. The first-order chi connectivity index (χ1) is 7.44. The van der Waals surface area contributed by atoms with E-state index in [0.717, 1.165) is 0 Å². The molecule has 5 heteroatoms. The van der Waals surface area contributed by atoms with Gasteiger partial charge < -0.3 is 15.8 Å². The number of methoxy groups -OCH3 is 1. The van der Waals surface area contributed by atoms with Crippen molar-refractivity contribution in [2.75, 3.05) is 18.2 Å². The van der Waals surface area contributed by atoms with Crippen molar-refractivity contribution in [3.63, 3.8) is 0 Å². The fourth-order valence-corrected chi connectivity index (χ4v) is 1.16. The molecule has 0 spiro atoms. The van der Waals surface area contributed by atoms with Crippen LogP contribution < -0.4 is 11.1 Å². The molecule has 0 saturated carbocycles. The summed E-state index contributed by atoms with van der Waals surface area (Å²) >= 11 is 0. The number of nitrogens with one attached hydrogen (secondary N) is 1. The Balaban J connectivity index is 2.62. The van der Waals surface area contributed by atoms with Crippen LogP contribution in [0.15, 0.2) is 18.3 Å². The fourth-order valence-electron chi connectivity index (χ4n) is 1.16. The van der Waals surface area contributed by atoms with Crippen molar-refractivity contribution in [2.45, 2.75) is 25.9 Å². The number of carbonyl (C=O) groups excluding carboxylic acids is 1. The number of nitrogens with zero attached hydrogens (tertiary/aromatic N) is 1. The lowest BCUT2D eigenvalue weighted by molar-refractivity contribution is -0.121. The highest BCUT2D eigenvalue weighted by molar-refractivity contribution is 5.92. The number of pyridine rings is 1. The molecular weight excluding hydrogens is 206 g/mol. The Morgan fingerprint density at radius 3 is 2.88 bits per heavy atom. The number of carbonyl (C=O) groups is 1. The molecule has 16 heavy (non-hydrogen) atoms. The summed E-state index contributed by atoms with van der Waals surface area (Å²) < 4.78 is 5.16. The van der Waals surface area contributed by atoms with Gasteiger partial charge in [0.2, 0.25) is 5.91 Å². The highest BCUT2D eigenvalue weighted by atomic mass is 16.5. The number of hydrogen-bond donors (Lipinski definition) is 2. The van der Waals surface area contributed by atoms with E-state index in [9.17, 15) is 4.79 Å². The maximum absolute atomic E-state index is 11.7. The topological polar surface area (TPSA) is 77.2 Å². The molecule has 0 atom stereocenters. The molecule has 0 bridgehead atoms. The second-order valence-corrected chi connectivity index (χ2v) is 4.13. The van der Waals surface area contributed by atoms with Crippen LogP contribution in [0.3, 0.4) is 0 Å². The predicted molar refractivity (Wildman–Crippen MR) is 63.0 cm³/mol. The van der Waals surface area contributed by atoms with E-state index in [1.165, 1.54) is 0 Å².